The van der Waals surface area contributed by atoms with Gasteiger partial charge in [0.2, 0.25) is 0 Å². The molecule has 5 aromatic rings. The zero-order chi connectivity index (χ0) is 45.0. The summed E-state index contributed by atoms with van der Waals surface area (Å²) >= 11 is 1.03. The molecule has 0 aliphatic carbocycles. The monoisotopic (exact) mass is 1050 g/mol. The third kappa shape index (κ3) is 10.4. The summed E-state index contributed by atoms with van der Waals surface area (Å²) in [5, 5.41) is 9.99. The second-order valence-electron chi connectivity index (χ2n) is 17.3. The van der Waals surface area contributed by atoms with Crippen LogP contribution in [0.25, 0.3) is 42.6 Å². The number of benzene rings is 3. The molecule has 0 fully saturated rings. The Morgan fingerprint density at radius 3 is 1.83 bits per heavy atom. The van der Waals surface area contributed by atoms with Crippen LogP contribution in [0.1, 0.15) is 88.8 Å². The van der Waals surface area contributed by atoms with Gasteiger partial charge in [0.15, 0.2) is 0 Å². The number of aryl methyl sites for hydroxylation is 3. The van der Waals surface area contributed by atoms with E-state index in [0.717, 1.165) is 45.4 Å². The van der Waals surface area contributed by atoms with Crippen molar-refractivity contribution in [2.24, 2.45) is 11.3 Å². The molecule has 60 heavy (non-hydrogen) atoms. The van der Waals surface area contributed by atoms with E-state index in [0.29, 0.717) is 27.6 Å². The van der Waals surface area contributed by atoms with Gasteiger partial charge in [-0.3, -0.25) is 9.78 Å². The minimum atomic E-state index is -6.29. The number of carbonyl (C=O) groups is 1. The Hall–Kier alpha value is -3.81. The fourth-order valence-electron chi connectivity index (χ4n) is 6.90. The number of nitrogens with zero attached hydrogens (tertiary/aromatic N) is 1. The number of ketones is 1. The van der Waals surface area contributed by atoms with Gasteiger partial charge in [-0.25, -0.2) is 4.39 Å². The van der Waals surface area contributed by atoms with E-state index < -0.39 is 52.6 Å². The molecule has 0 amide bonds. The summed E-state index contributed by atoms with van der Waals surface area (Å²) in [4.78, 5) is 14.9. The van der Waals surface area contributed by atoms with Crippen molar-refractivity contribution in [2.75, 3.05) is 0 Å². The molecular weight excluding hydrogens is 1000 g/mol. The molecular formula is C45H46F10IrNO2S-. The van der Waals surface area contributed by atoms with E-state index in [2.05, 4.69) is 31.8 Å². The molecule has 5 rings (SSSR count). The average molecular weight is 1050 g/mol. The van der Waals surface area contributed by atoms with Crippen molar-refractivity contribution >= 4 is 38.0 Å². The van der Waals surface area contributed by atoms with Crippen molar-refractivity contribution in [1.29, 1.82) is 0 Å². The van der Waals surface area contributed by atoms with Crippen LogP contribution in [0.15, 0.2) is 60.5 Å². The maximum absolute atomic E-state index is 15.9. The molecule has 329 valence electrons. The zero-order valence-electron chi connectivity index (χ0n) is 34.8. The number of pyridine rings is 1. The van der Waals surface area contributed by atoms with Gasteiger partial charge in [-0.15, -0.1) is 40.5 Å². The third-order valence-corrected chi connectivity index (χ3v) is 11.0. The summed E-state index contributed by atoms with van der Waals surface area (Å²) in [7, 11) is 0. The van der Waals surface area contributed by atoms with Gasteiger partial charge < -0.3 is 5.11 Å². The van der Waals surface area contributed by atoms with Gasteiger partial charge in [-0.1, -0.05) is 96.7 Å². The van der Waals surface area contributed by atoms with E-state index in [1.807, 2.05) is 77.1 Å². The van der Waals surface area contributed by atoms with E-state index in [4.69, 9.17) is 5.11 Å². The molecule has 0 aliphatic rings. The molecule has 3 aromatic carbocycles. The number of aliphatic hydroxyl groups excluding tert-OH is 1. The van der Waals surface area contributed by atoms with Crippen molar-refractivity contribution in [3.05, 3.63) is 99.9 Å². The number of hydrogen-bond donors (Lipinski definition) is 1. The number of hydrogen-bond acceptors (Lipinski definition) is 4. The molecule has 0 saturated heterocycles. The number of thiophene rings is 1. The van der Waals surface area contributed by atoms with Crippen molar-refractivity contribution in [2.45, 2.75) is 112 Å². The Balaban J connectivity index is 0.000000644. The largest absolute Gasteiger partial charge is 0.512 e. The Labute approximate surface area is 360 Å². The van der Waals surface area contributed by atoms with Crippen LogP contribution in [-0.2, 0) is 42.4 Å². The third-order valence-electron chi connectivity index (χ3n) is 9.65. The van der Waals surface area contributed by atoms with Gasteiger partial charge in [0.25, 0.3) is 5.78 Å². The first-order valence-electron chi connectivity index (χ1n) is 18.5. The number of alkyl halides is 10. The summed E-state index contributed by atoms with van der Waals surface area (Å²) in [5.74, 6) is -3.07. The second-order valence-corrected chi connectivity index (χ2v) is 18.3. The Morgan fingerprint density at radius 1 is 0.833 bits per heavy atom. The molecule has 0 atom stereocenters. The van der Waals surface area contributed by atoms with Crippen molar-refractivity contribution in [1.82, 2.24) is 4.98 Å². The maximum atomic E-state index is 15.9. The van der Waals surface area contributed by atoms with Gasteiger partial charge >= 0.3 is 24.2 Å². The van der Waals surface area contributed by atoms with Crippen LogP contribution in [0, 0.1) is 38.2 Å². The Bertz CT molecular complexity index is 2370. The second kappa shape index (κ2) is 17.5. The first-order valence-corrected chi connectivity index (χ1v) is 19.4. The van der Waals surface area contributed by atoms with E-state index in [1.54, 1.807) is 0 Å². The molecule has 0 aliphatic heterocycles. The first-order chi connectivity index (χ1) is 26.7. The molecule has 1 radical (unpaired) electrons. The number of aromatic nitrogens is 1. The SMILES string of the molecule is CC(C)/C(O)=C/C(=O)C(F)(F)F.Cc1cc(CC(C)(C)C)cc(C)c1-c1sc2c(-c3[c-]c4ccccc4c(C(C)(C)C)c3)ncc(C(F)(C(F)(F)F)C(F)(F)F)c2c1C.[Ir]. The van der Waals surface area contributed by atoms with Crippen LogP contribution in [0.5, 0.6) is 0 Å². The molecule has 0 unspecified atom stereocenters. The predicted octanol–water partition coefficient (Wildman–Crippen LogP) is 14.9. The average Bonchev–Trinajstić information content (AvgIpc) is 3.40. The van der Waals surface area contributed by atoms with Crippen LogP contribution in [-0.4, -0.2) is 34.4 Å². The summed E-state index contributed by atoms with van der Waals surface area (Å²) in [6, 6.07) is 16.6. The summed E-state index contributed by atoms with van der Waals surface area (Å²) < 4.78 is 136. The van der Waals surface area contributed by atoms with Crippen LogP contribution < -0.4 is 0 Å². The van der Waals surface area contributed by atoms with Crippen molar-refractivity contribution in [3.63, 3.8) is 0 Å². The number of halogens is 10. The van der Waals surface area contributed by atoms with Crippen LogP contribution >= 0.6 is 11.3 Å². The molecule has 0 bridgehead atoms. The van der Waals surface area contributed by atoms with Crippen LogP contribution in [0.3, 0.4) is 0 Å². The van der Waals surface area contributed by atoms with Gasteiger partial charge in [0, 0.05) is 59.1 Å². The summed E-state index contributed by atoms with van der Waals surface area (Å²) in [6.45, 7) is 20.5. The van der Waals surface area contributed by atoms with Gasteiger partial charge in [-0.05, 0) is 71.2 Å². The molecule has 1 N–H and O–H groups in total. The van der Waals surface area contributed by atoms with Crippen LogP contribution in [0.2, 0.25) is 0 Å². The summed E-state index contributed by atoms with van der Waals surface area (Å²) in [5.41, 5.74) is -2.61. The predicted molar refractivity (Wildman–Crippen MR) is 214 cm³/mol. The van der Waals surface area contributed by atoms with E-state index >= 15 is 4.39 Å². The Kier molecular flexibility index (Phi) is 14.8. The molecule has 0 saturated carbocycles. The topological polar surface area (TPSA) is 50.2 Å². The number of fused-ring (bicyclic) bond motifs is 2. The molecule has 15 heteroatoms. The molecule has 0 spiro atoms. The number of rotatable bonds is 6. The number of aliphatic hydroxyl groups is 1. The first kappa shape index (κ1) is 50.5. The Morgan fingerprint density at radius 2 is 1.37 bits per heavy atom. The van der Waals surface area contributed by atoms with Crippen LogP contribution in [0.4, 0.5) is 43.9 Å². The van der Waals surface area contributed by atoms with Gasteiger partial charge in [0.05, 0.1) is 5.76 Å². The fraction of sp³-hybridized carbons (Fsp3) is 0.422. The zero-order valence-corrected chi connectivity index (χ0v) is 38.0. The molecule has 2 aromatic heterocycles. The van der Waals surface area contributed by atoms with Crippen molar-refractivity contribution in [3.8, 4) is 21.7 Å². The quantitative estimate of drug-likeness (QED) is 0.0798. The number of allylic oxidation sites excluding steroid dienone is 2. The molecule has 2 heterocycles. The van der Waals surface area contributed by atoms with E-state index in [1.165, 1.54) is 20.8 Å². The molecule has 3 nitrogen and oxygen atoms in total. The summed E-state index contributed by atoms with van der Waals surface area (Å²) in [6.07, 6.45) is -16.1. The smallest absolute Gasteiger partial charge is 0.454 e. The van der Waals surface area contributed by atoms with Gasteiger partial charge in [0.1, 0.15) is 0 Å². The van der Waals surface area contributed by atoms with Gasteiger partial charge in [-0.2, -0.15) is 39.5 Å². The normalized spacial score (nSPS) is 13.4. The van der Waals surface area contributed by atoms with Crippen molar-refractivity contribution < 1.29 is 73.9 Å². The maximum Gasteiger partial charge on any atom is 0.454 e. The minimum absolute atomic E-state index is 0. The van der Waals surface area contributed by atoms with E-state index in [-0.39, 0.29) is 53.0 Å². The fourth-order valence-corrected chi connectivity index (χ4v) is 8.41. The number of carbonyl (C=O) groups excluding carboxylic acids is 1. The standard InChI is InChI=1S/C38H37F7NS.C7H9F3O2.Ir/c1-20-14-23(18-34(4,5)6)15-21(2)29(20)32-22(3)30-28(36(39,37(40,41)42)38(43,44)45)19-46-31(33(30)47-32)25-16-24-12-10-11-13-26(24)27(17-25)35(7,8)9;1-4(2)5(11)3-6(12)7(8,9)10;/h10-15,17,19H,18H2,1-9H3;3-4,11H,1-2H3;/q-1;;/b;5-3-;. The minimum Gasteiger partial charge on any atom is -0.512 e. The van der Waals surface area contributed by atoms with E-state index in [9.17, 15) is 44.3 Å².